The summed E-state index contributed by atoms with van der Waals surface area (Å²) in [6, 6.07) is 0.705. The van der Waals surface area contributed by atoms with Crippen LogP contribution in [0.5, 0.6) is 0 Å². The maximum Gasteiger partial charge on any atom is 0.0921 e. The maximum absolute atomic E-state index is 4.04. The highest BCUT2D eigenvalue weighted by Crippen LogP contribution is 2.12. The van der Waals surface area contributed by atoms with Gasteiger partial charge in [0.1, 0.15) is 0 Å². The smallest absolute Gasteiger partial charge is 0.0921 e. The van der Waals surface area contributed by atoms with Crippen molar-refractivity contribution in [3.63, 3.8) is 0 Å². The quantitative estimate of drug-likeness (QED) is 0.807. The van der Waals surface area contributed by atoms with Crippen LogP contribution in [0.1, 0.15) is 32.4 Å². The van der Waals surface area contributed by atoms with Gasteiger partial charge in [0.25, 0.3) is 0 Å². The number of imidazole rings is 1. The van der Waals surface area contributed by atoms with E-state index in [0.717, 1.165) is 18.9 Å². The third-order valence-corrected chi connectivity index (χ3v) is 3.59. The second kappa shape index (κ2) is 6.90. The predicted molar refractivity (Wildman–Crippen MR) is 74.6 cm³/mol. The number of hydrogen-bond donors (Lipinski definition) is 2. The molecule has 1 saturated heterocycles. The molecule has 1 aliphatic rings. The van der Waals surface area contributed by atoms with Gasteiger partial charge in [-0.2, -0.15) is 0 Å². The summed E-state index contributed by atoms with van der Waals surface area (Å²) in [5.41, 5.74) is 1.22. The van der Waals surface area contributed by atoms with E-state index >= 15 is 0 Å². The van der Waals surface area contributed by atoms with Gasteiger partial charge in [0.2, 0.25) is 0 Å². The van der Waals surface area contributed by atoms with E-state index in [-0.39, 0.29) is 0 Å². The fraction of sp³-hybridized carbons (Fsp3) is 0.786. The van der Waals surface area contributed by atoms with E-state index in [1.807, 2.05) is 6.20 Å². The molecule has 0 saturated carbocycles. The van der Waals surface area contributed by atoms with Crippen LogP contribution in [0.3, 0.4) is 0 Å². The van der Waals surface area contributed by atoms with Crippen molar-refractivity contribution in [1.29, 1.82) is 0 Å². The van der Waals surface area contributed by atoms with Crippen molar-refractivity contribution in [2.45, 2.75) is 39.2 Å². The molecule has 1 aromatic heterocycles. The minimum atomic E-state index is 0.705. The van der Waals surface area contributed by atoms with Crippen LogP contribution in [0.15, 0.2) is 12.5 Å². The summed E-state index contributed by atoms with van der Waals surface area (Å²) in [5, 5.41) is 3.66. The number of nitrogens with zero attached hydrogens (tertiary/aromatic N) is 2. The number of hydrogen-bond acceptors (Lipinski definition) is 3. The molecule has 2 N–H and O–H groups in total. The Bertz CT molecular complexity index is 313. The number of likely N-dealkylation sites (tertiary alicyclic amines) is 1. The van der Waals surface area contributed by atoms with Gasteiger partial charge in [0, 0.05) is 37.4 Å². The Hall–Kier alpha value is -0.870. The van der Waals surface area contributed by atoms with Crippen molar-refractivity contribution in [2.75, 3.05) is 26.2 Å². The third-order valence-electron chi connectivity index (χ3n) is 3.59. The molecule has 0 radical (unpaired) electrons. The highest BCUT2D eigenvalue weighted by molar-refractivity contribution is 4.94. The highest BCUT2D eigenvalue weighted by Gasteiger charge is 2.18. The van der Waals surface area contributed by atoms with Crippen LogP contribution in [0.2, 0.25) is 0 Å². The fourth-order valence-electron chi connectivity index (χ4n) is 2.67. The molecule has 18 heavy (non-hydrogen) atoms. The van der Waals surface area contributed by atoms with Crippen molar-refractivity contribution >= 4 is 0 Å². The van der Waals surface area contributed by atoms with Crippen LogP contribution >= 0.6 is 0 Å². The van der Waals surface area contributed by atoms with Crippen molar-refractivity contribution in [2.24, 2.45) is 5.92 Å². The fourth-order valence-corrected chi connectivity index (χ4v) is 2.67. The molecule has 1 aromatic rings. The first kappa shape index (κ1) is 13.6. The summed E-state index contributed by atoms with van der Waals surface area (Å²) in [7, 11) is 0. The number of H-pyrrole nitrogens is 1. The van der Waals surface area contributed by atoms with Crippen LogP contribution in [0.4, 0.5) is 0 Å². The molecule has 0 aromatic carbocycles. The van der Waals surface area contributed by atoms with Gasteiger partial charge in [0.15, 0.2) is 0 Å². The second-order valence-electron chi connectivity index (χ2n) is 5.75. The lowest BCUT2D eigenvalue weighted by atomic mass is 10.0. The van der Waals surface area contributed by atoms with Crippen molar-refractivity contribution in [3.8, 4) is 0 Å². The van der Waals surface area contributed by atoms with Crippen molar-refractivity contribution in [3.05, 3.63) is 18.2 Å². The molecule has 2 rings (SSSR count). The molecule has 0 aliphatic carbocycles. The van der Waals surface area contributed by atoms with Crippen molar-refractivity contribution in [1.82, 2.24) is 20.2 Å². The minimum absolute atomic E-state index is 0.705. The van der Waals surface area contributed by atoms with Crippen LogP contribution in [0, 0.1) is 5.92 Å². The van der Waals surface area contributed by atoms with Gasteiger partial charge in [-0.25, -0.2) is 4.98 Å². The summed E-state index contributed by atoms with van der Waals surface area (Å²) in [4.78, 5) is 9.77. The Kier molecular flexibility index (Phi) is 5.20. The van der Waals surface area contributed by atoms with Gasteiger partial charge in [-0.1, -0.05) is 13.8 Å². The molecule has 0 atom stereocenters. The molecule has 1 fully saturated rings. The van der Waals surface area contributed by atoms with Crippen molar-refractivity contribution < 1.29 is 0 Å². The average Bonchev–Trinajstić information content (AvgIpc) is 2.84. The molecule has 4 nitrogen and oxygen atoms in total. The topological polar surface area (TPSA) is 44.0 Å². The van der Waals surface area contributed by atoms with Crippen LogP contribution in [-0.4, -0.2) is 47.1 Å². The zero-order valence-electron chi connectivity index (χ0n) is 11.7. The van der Waals surface area contributed by atoms with E-state index in [1.165, 1.54) is 38.2 Å². The van der Waals surface area contributed by atoms with Gasteiger partial charge >= 0.3 is 0 Å². The van der Waals surface area contributed by atoms with Gasteiger partial charge in [-0.05, 0) is 31.8 Å². The first-order chi connectivity index (χ1) is 8.74. The first-order valence-electron chi connectivity index (χ1n) is 7.17. The van der Waals surface area contributed by atoms with E-state index in [2.05, 4.69) is 34.0 Å². The summed E-state index contributed by atoms with van der Waals surface area (Å²) >= 11 is 0. The molecular weight excluding hydrogens is 224 g/mol. The molecule has 102 valence electrons. The minimum Gasteiger partial charge on any atom is -0.348 e. The van der Waals surface area contributed by atoms with Crippen LogP contribution in [-0.2, 0) is 6.42 Å². The molecule has 0 bridgehead atoms. The summed E-state index contributed by atoms with van der Waals surface area (Å²) in [5.74, 6) is 0.787. The van der Waals surface area contributed by atoms with E-state index in [0.29, 0.717) is 6.04 Å². The zero-order chi connectivity index (χ0) is 12.8. The second-order valence-corrected chi connectivity index (χ2v) is 5.75. The lowest BCUT2D eigenvalue weighted by Crippen LogP contribution is -2.44. The maximum atomic E-state index is 4.04. The van der Waals surface area contributed by atoms with E-state index in [1.54, 1.807) is 6.33 Å². The number of nitrogens with one attached hydrogen (secondary N) is 2. The van der Waals surface area contributed by atoms with Gasteiger partial charge in [-0.3, -0.25) is 0 Å². The number of aromatic nitrogens is 2. The summed E-state index contributed by atoms with van der Waals surface area (Å²) < 4.78 is 0. The Labute approximate surface area is 110 Å². The molecule has 4 heteroatoms. The third kappa shape index (κ3) is 4.42. The van der Waals surface area contributed by atoms with Crippen LogP contribution in [0.25, 0.3) is 0 Å². The lowest BCUT2D eigenvalue weighted by Gasteiger charge is -2.33. The number of aromatic amines is 1. The summed E-state index contributed by atoms with van der Waals surface area (Å²) in [6.07, 6.45) is 7.28. The molecule has 0 spiro atoms. The highest BCUT2D eigenvalue weighted by atomic mass is 15.1. The molecule has 2 heterocycles. The molecule has 0 amide bonds. The van der Waals surface area contributed by atoms with Crippen LogP contribution < -0.4 is 5.32 Å². The van der Waals surface area contributed by atoms with E-state index < -0.39 is 0 Å². The largest absolute Gasteiger partial charge is 0.348 e. The predicted octanol–water partition coefficient (Wildman–Crippen LogP) is 1.66. The number of rotatable bonds is 6. The SMILES string of the molecule is CC(C)CN1CCC(NCCc2cnc[nH]2)CC1. The average molecular weight is 250 g/mol. The molecule has 1 aliphatic heterocycles. The Morgan fingerprint density at radius 1 is 1.44 bits per heavy atom. The Morgan fingerprint density at radius 3 is 2.83 bits per heavy atom. The zero-order valence-corrected chi connectivity index (χ0v) is 11.7. The summed E-state index contributed by atoms with van der Waals surface area (Å²) in [6.45, 7) is 9.40. The number of piperidine rings is 1. The van der Waals surface area contributed by atoms with E-state index in [4.69, 9.17) is 0 Å². The monoisotopic (exact) mass is 250 g/mol. The van der Waals surface area contributed by atoms with Gasteiger partial charge < -0.3 is 15.2 Å². The standard InChI is InChI=1S/C14H26N4/c1-12(2)10-18-7-4-13(5-8-18)16-6-3-14-9-15-11-17-14/h9,11-13,16H,3-8,10H2,1-2H3,(H,15,17). The van der Waals surface area contributed by atoms with E-state index in [9.17, 15) is 0 Å². The lowest BCUT2D eigenvalue weighted by molar-refractivity contribution is 0.180. The normalized spacial score (nSPS) is 18.6. The van der Waals surface area contributed by atoms with Gasteiger partial charge in [-0.15, -0.1) is 0 Å². The molecule has 0 unspecified atom stereocenters. The molecular formula is C14H26N4. The Balaban J connectivity index is 1.59. The Morgan fingerprint density at radius 2 is 2.22 bits per heavy atom. The first-order valence-corrected chi connectivity index (χ1v) is 7.17. The van der Waals surface area contributed by atoms with Gasteiger partial charge in [0.05, 0.1) is 6.33 Å².